The highest BCUT2D eigenvalue weighted by molar-refractivity contribution is 6.05. The molecule has 0 atom stereocenters. The Balaban J connectivity index is 1.80. The van der Waals surface area contributed by atoms with Crippen molar-refractivity contribution in [1.82, 2.24) is 0 Å². The number of nitrogens with one attached hydrogen (secondary N) is 1. The highest BCUT2D eigenvalue weighted by Gasteiger charge is 2.13. The number of aryl methyl sites for hydroxylation is 1. The van der Waals surface area contributed by atoms with Crippen molar-refractivity contribution in [2.75, 3.05) is 12.4 Å². The van der Waals surface area contributed by atoms with E-state index in [0.29, 0.717) is 17.2 Å². The van der Waals surface area contributed by atoms with Crippen LogP contribution >= 0.6 is 0 Å². The molecule has 5 heteroatoms. The number of rotatable bonds is 5. The molecule has 3 rings (SSSR count). The van der Waals surface area contributed by atoms with Crippen molar-refractivity contribution in [2.24, 2.45) is 0 Å². The summed E-state index contributed by atoms with van der Waals surface area (Å²) in [7, 11) is 1.37. The predicted octanol–water partition coefficient (Wildman–Crippen LogP) is 5.19. The minimum atomic E-state index is -0.593. The number of methoxy groups -OCH3 is 1. The van der Waals surface area contributed by atoms with E-state index in [1.807, 2.05) is 37.3 Å². The molecule has 0 aliphatic carbocycles. The number of hydrogen-bond donors (Lipinski definition) is 1. The van der Waals surface area contributed by atoms with E-state index >= 15 is 0 Å². The van der Waals surface area contributed by atoms with Crippen LogP contribution in [0.15, 0.2) is 66.7 Å². The van der Waals surface area contributed by atoms with Gasteiger partial charge in [-0.3, -0.25) is 4.79 Å². The van der Waals surface area contributed by atoms with Gasteiger partial charge < -0.3 is 14.8 Å². The average Bonchev–Trinajstić information content (AvgIpc) is 2.65. The quantitative estimate of drug-likeness (QED) is 0.688. The number of benzene rings is 3. The van der Waals surface area contributed by atoms with Gasteiger partial charge >= 0.3 is 0 Å². The highest BCUT2D eigenvalue weighted by Crippen LogP contribution is 2.30. The maximum absolute atomic E-state index is 13.8. The molecule has 132 valence electrons. The van der Waals surface area contributed by atoms with Crippen LogP contribution in [0.4, 0.5) is 10.1 Å². The van der Waals surface area contributed by atoms with Crippen LogP contribution < -0.4 is 14.8 Å². The van der Waals surface area contributed by atoms with E-state index in [1.165, 1.54) is 19.2 Å². The van der Waals surface area contributed by atoms with Gasteiger partial charge in [0.2, 0.25) is 0 Å². The third kappa shape index (κ3) is 4.00. The third-order valence-corrected chi connectivity index (χ3v) is 3.80. The molecule has 0 bridgehead atoms. The average molecular weight is 351 g/mol. The molecule has 4 nitrogen and oxygen atoms in total. The summed E-state index contributed by atoms with van der Waals surface area (Å²) in [5.41, 5.74) is 1.81. The van der Waals surface area contributed by atoms with Crippen molar-refractivity contribution in [1.29, 1.82) is 0 Å². The van der Waals surface area contributed by atoms with E-state index in [-0.39, 0.29) is 11.3 Å². The Morgan fingerprint density at radius 2 is 1.69 bits per heavy atom. The molecule has 3 aromatic rings. The second-order valence-corrected chi connectivity index (χ2v) is 5.71. The van der Waals surface area contributed by atoms with Crippen molar-refractivity contribution < 1.29 is 18.7 Å². The zero-order chi connectivity index (χ0) is 18.5. The Labute approximate surface area is 151 Å². The highest BCUT2D eigenvalue weighted by atomic mass is 19.1. The number of carbonyl (C=O) groups is 1. The first-order chi connectivity index (χ1) is 12.6. The maximum atomic E-state index is 13.8. The standard InChI is InChI=1S/C21H18FNO3/c1-14-7-10-16(11-8-14)26-20-6-4-3-5-18(20)23-21(24)15-9-12-19(25-2)17(22)13-15/h3-13H,1-2H3,(H,23,24). The minimum absolute atomic E-state index is 0.0876. The number of hydrogen-bond acceptors (Lipinski definition) is 3. The van der Waals surface area contributed by atoms with E-state index in [1.54, 1.807) is 18.2 Å². The molecule has 0 saturated heterocycles. The van der Waals surface area contributed by atoms with Gasteiger partial charge in [0, 0.05) is 5.56 Å². The molecule has 0 aliphatic heterocycles. The lowest BCUT2D eigenvalue weighted by Gasteiger charge is -2.13. The fraction of sp³-hybridized carbons (Fsp3) is 0.0952. The third-order valence-electron chi connectivity index (χ3n) is 3.80. The van der Waals surface area contributed by atoms with Gasteiger partial charge in [-0.2, -0.15) is 0 Å². The van der Waals surface area contributed by atoms with Crippen molar-refractivity contribution in [3.05, 3.63) is 83.7 Å². The van der Waals surface area contributed by atoms with Crippen molar-refractivity contribution in [3.63, 3.8) is 0 Å². The summed E-state index contributed by atoms with van der Waals surface area (Å²) in [5, 5.41) is 2.75. The van der Waals surface area contributed by atoms with Gasteiger partial charge in [0.25, 0.3) is 5.91 Å². The summed E-state index contributed by atoms with van der Waals surface area (Å²) in [6, 6.07) is 18.7. The van der Waals surface area contributed by atoms with Crippen LogP contribution in [-0.2, 0) is 0 Å². The normalized spacial score (nSPS) is 10.3. The lowest BCUT2D eigenvalue weighted by molar-refractivity contribution is 0.102. The van der Waals surface area contributed by atoms with Gasteiger partial charge in [0.15, 0.2) is 17.3 Å². The smallest absolute Gasteiger partial charge is 0.255 e. The Bertz CT molecular complexity index is 923. The lowest BCUT2D eigenvalue weighted by atomic mass is 10.2. The van der Waals surface area contributed by atoms with Crippen LogP contribution in [0, 0.1) is 12.7 Å². The summed E-state index contributed by atoms with van der Waals surface area (Å²) in [6.07, 6.45) is 0. The van der Waals surface area contributed by atoms with Gasteiger partial charge in [-0.05, 0) is 49.4 Å². The van der Waals surface area contributed by atoms with E-state index in [4.69, 9.17) is 9.47 Å². The number of ether oxygens (including phenoxy) is 2. The first kappa shape index (κ1) is 17.5. The zero-order valence-corrected chi connectivity index (χ0v) is 14.5. The summed E-state index contributed by atoms with van der Waals surface area (Å²) < 4.78 is 24.5. The van der Waals surface area contributed by atoms with Gasteiger partial charge in [-0.25, -0.2) is 4.39 Å². The van der Waals surface area contributed by atoms with Crippen molar-refractivity contribution >= 4 is 11.6 Å². The fourth-order valence-electron chi connectivity index (χ4n) is 2.39. The molecule has 0 saturated carbocycles. The summed E-state index contributed by atoms with van der Waals surface area (Å²) in [5.74, 6) is 0.215. The van der Waals surface area contributed by atoms with Crippen molar-refractivity contribution in [2.45, 2.75) is 6.92 Å². The van der Waals surface area contributed by atoms with Crippen molar-refractivity contribution in [3.8, 4) is 17.2 Å². The van der Waals surface area contributed by atoms with Crippen LogP contribution in [0.1, 0.15) is 15.9 Å². The van der Waals surface area contributed by atoms with Gasteiger partial charge in [0.1, 0.15) is 5.75 Å². The maximum Gasteiger partial charge on any atom is 0.255 e. The monoisotopic (exact) mass is 351 g/mol. The molecule has 0 aliphatic rings. The van der Waals surface area contributed by atoms with E-state index in [0.717, 1.165) is 11.6 Å². The first-order valence-electron chi connectivity index (χ1n) is 8.05. The Kier molecular flexibility index (Phi) is 5.17. The molecular weight excluding hydrogens is 333 g/mol. The number of para-hydroxylation sites is 2. The molecule has 1 N–H and O–H groups in total. The van der Waals surface area contributed by atoms with Crippen LogP contribution in [0.3, 0.4) is 0 Å². The molecule has 0 unspecified atom stereocenters. The zero-order valence-electron chi connectivity index (χ0n) is 14.5. The Morgan fingerprint density at radius 1 is 0.962 bits per heavy atom. The number of carbonyl (C=O) groups excluding carboxylic acids is 1. The van der Waals surface area contributed by atoms with E-state index in [9.17, 15) is 9.18 Å². The molecule has 0 fully saturated rings. The minimum Gasteiger partial charge on any atom is -0.494 e. The second-order valence-electron chi connectivity index (χ2n) is 5.71. The molecular formula is C21H18FNO3. The molecule has 1 amide bonds. The predicted molar refractivity (Wildman–Crippen MR) is 98.6 cm³/mol. The summed E-state index contributed by atoms with van der Waals surface area (Å²) >= 11 is 0. The van der Waals surface area contributed by atoms with Gasteiger partial charge in [-0.1, -0.05) is 29.8 Å². The van der Waals surface area contributed by atoms with Crippen LogP contribution in [0.2, 0.25) is 0 Å². The van der Waals surface area contributed by atoms with Gasteiger partial charge in [-0.15, -0.1) is 0 Å². The summed E-state index contributed by atoms with van der Waals surface area (Å²) in [4.78, 5) is 12.4. The molecule has 26 heavy (non-hydrogen) atoms. The van der Waals surface area contributed by atoms with Crippen LogP contribution in [-0.4, -0.2) is 13.0 Å². The number of amides is 1. The lowest BCUT2D eigenvalue weighted by Crippen LogP contribution is -2.13. The van der Waals surface area contributed by atoms with E-state index < -0.39 is 11.7 Å². The molecule has 3 aromatic carbocycles. The Morgan fingerprint density at radius 3 is 2.38 bits per heavy atom. The molecule has 0 heterocycles. The topological polar surface area (TPSA) is 47.6 Å². The SMILES string of the molecule is COc1ccc(C(=O)Nc2ccccc2Oc2ccc(C)cc2)cc1F. The first-order valence-corrected chi connectivity index (χ1v) is 8.05. The Hall–Kier alpha value is -3.34. The number of halogens is 1. The van der Waals surface area contributed by atoms with E-state index in [2.05, 4.69) is 5.32 Å². The second kappa shape index (κ2) is 7.70. The van der Waals surface area contributed by atoms with Crippen LogP contribution in [0.5, 0.6) is 17.2 Å². The largest absolute Gasteiger partial charge is 0.494 e. The summed E-state index contributed by atoms with van der Waals surface area (Å²) in [6.45, 7) is 1.99. The fourth-order valence-corrected chi connectivity index (χ4v) is 2.39. The molecule has 0 radical (unpaired) electrons. The van der Waals surface area contributed by atoms with Crippen LogP contribution in [0.25, 0.3) is 0 Å². The molecule has 0 spiro atoms. The number of anilines is 1. The van der Waals surface area contributed by atoms with Gasteiger partial charge in [0.05, 0.1) is 12.8 Å². The molecule has 0 aromatic heterocycles.